The third-order valence-electron chi connectivity index (χ3n) is 5.08. The van der Waals surface area contributed by atoms with E-state index in [1.54, 1.807) is 0 Å². The van der Waals surface area contributed by atoms with Crippen molar-refractivity contribution in [1.82, 2.24) is 0 Å². The zero-order valence-corrected chi connectivity index (χ0v) is 18.0. The van der Waals surface area contributed by atoms with E-state index in [0.29, 0.717) is 11.3 Å². The maximum atomic E-state index is 12.9. The minimum Gasteiger partial charge on any atom is -0.465 e. The van der Waals surface area contributed by atoms with Crippen LogP contribution in [-0.4, -0.2) is 21.1 Å². The average molecular weight is 402 g/mol. The van der Waals surface area contributed by atoms with Gasteiger partial charge < -0.3 is 9.16 Å². The number of benzene rings is 3. The van der Waals surface area contributed by atoms with Gasteiger partial charge in [-0.05, 0) is 33.5 Å². The third kappa shape index (κ3) is 4.34. The Balaban J connectivity index is 1.61. The van der Waals surface area contributed by atoms with Crippen LogP contribution in [0, 0.1) is 0 Å². The van der Waals surface area contributed by atoms with Gasteiger partial charge in [0.15, 0.2) is 12.1 Å². The lowest BCUT2D eigenvalue weighted by atomic mass is 9.85. The van der Waals surface area contributed by atoms with Crippen LogP contribution in [0.25, 0.3) is 0 Å². The molecule has 3 nitrogen and oxygen atoms in total. The molecular weight excluding hydrogens is 376 g/mol. The van der Waals surface area contributed by atoms with Gasteiger partial charge in [0, 0.05) is 0 Å². The van der Waals surface area contributed by atoms with Gasteiger partial charge in [0.05, 0.1) is 12.0 Å². The van der Waals surface area contributed by atoms with Crippen molar-refractivity contribution in [1.29, 1.82) is 0 Å². The summed E-state index contributed by atoms with van der Waals surface area (Å²) in [4.78, 5) is 12.9. The molecule has 0 aliphatic carbocycles. The molecule has 1 radical (unpaired) electrons. The molecule has 3 aromatic carbocycles. The second-order valence-corrected chi connectivity index (χ2v) is 10.4. The van der Waals surface area contributed by atoms with E-state index in [1.165, 1.54) is 0 Å². The first-order valence-corrected chi connectivity index (χ1v) is 11.3. The van der Waals surface area contributed by atoms with Crippen molar-refractivity contribution >= 4 is 25.2 Å². The molecule has 0 saturated carbocycles. The van der Waals surface area contributed by atoms with E-state index in [-0.39, 0.29) is 17.6 Å². The van der Waals surface area contributed by atoms with Crippen molar-refractivity contribution < 1.29 is 14.0 Å². The number of ketones is 1. The summed E-state index contributed by atoms with van der Waals surface area (Å²) in [5.74, 6) is 0.687. The molecule has 1 heterocycles. The maximum Gasteiger partial charge on any atom is 0.287 e. The predicted molar refractivity (Wildman–Crippen MR) is 117 cm³/mol. The van der Waals surface area contributed by atoms with Gasteiger partial charge in [-0.1, -0.05) is 87.5 Å². The molecule has 0 amide bonds. The van der Waals surface area contributed by atoms with Gasteiger partial charge in [0.2, 0.25) is 0 Å². The number of hydrogen-bond acceptors (Lipinski definition) is 3. The molecule has 1 aliphatic rings. The molecule has 1 aliphatic heterocycles. The quantitative estimate of drug-likeness (QED) is 0.618. The van der Waals surface area contributed by atoms with Crippen LogP contribution in [0.1, 0.15) is 43.1 Å². The van der Waals surface area contributed by atoms with Crippen LogP contribution >= 0.6 is 0 Å². The second kappa shape index (κ2) is 7.97. The summed E-state index contributed by atoms with van der Waals surface area (Å²) in [5, 5.41) is 2.27. The summed E-state index contributed by atoms with van der Waals surface area (Å²) in [6, 6.07) is 26.3. The van der Waals surface area contributed by atoms with Crippen LogP contribution in [0.4, 0.5) is 0 Å². The minimum atomic E-state index is -1.53. The number of carbonyl (C=O) groups is 1. The normalized spacial score (nSPS) is 16.4. The molecule has 0 N–H and O–H groups in total. The van der Waals surface area contributed by atoms with E-state index in [0.717, 1.165) is 15.9 Å². The fraction of sp³-hybridized carbons (Fsp3) is 0.240. The first-order valence-electron chi connectivity index (χ1n) is 9.90. The van der Waals surface area contributed by atoms with Crippen LogP contribution in [0.2, 0.25) is 0 Å². The lowest BCUT2D eigenvalue weighted by Crippen LogP contribution is -2.49. The van der Waals surface area contributed by atoms with Crippen LogP contribution in [0.3, 0.4) is 0 Å². The Kier molecular flexibility index (Phi) is 5.39. The van der Waals surface area contributed by atoms with E-state index >= 15 is 0 Å². The van der Waals surface area contributed by atoms with Crippen LogP contribution in [0.15, 0.2) is 78.9 Å². The van der Waals surface area contributed by atoms with Crippen LogP contribution in [0.5, 0.6) is 5.75 Å². The Morgan fingerprint density at radius 1 is 0.897 bits per heavy atom. The van der Waals surface area contributed by atoms with Crippen molar-refractivity contribution in [2.75, 3.05) is 0 Å². The molecule has 4 rings (SSSR count). The van der Waals surface area contributed by atoms with E-state index in [9.17, 15) is 4.79 Å². The lowest BCUT2D eigenvalue weighted by molar-refractivity contribution is -0.00405. The predicted octanol–water partition coefficient (Wildman–Crippen LogP) is 4.10. The molecule has 0 bridgehead atoms. The highest BCUT2D eigenvalue weighted by Gasteiger charge is 2.32. The van der Waals surface area contributed by atoms with Crippen molar-refractivity contribution in [2.24, 2.45) is 0 Å². The number of carbonyl (C=O) groups excluding carboxylic acids is 1. The van der Waals surface area contributed by atoms with Crippen molar-refractivity contribution in [3.8, 4) is 5.75 Å². The second-order valence-electron chi connectivity index (χ2n) is 8.31. The Morgan fingerprint density at radius 3 is 2.03 bits per heavy atom. The number of rotatable bonds is 4. The SMILES string of the molecule is CC(C)(C)c1ccc2c(c1)C(=O)CC(O[Si](c1ccccc1)c1ccccc1)O2. The summed E-state index contributed by atoms with van der Waals surface area (Å²) in [5.41, 5.74) is 1.77. The Hall–Kier alpha value is -2.69. The van der Waals surface area contributed by atoms with Crippen molar-refractivity contribution in [3.05, 3.63) is 90.0 Å². The molecule has 0 saturated heterocycles. The summed E-state index contributed by atoms with van der Waals surface area (Å²) in [7, 11) is -1.53. The van der Waals surface area contributed by atoms with Crippen LogP contribution < -0.4 is 15.1 Å². The Morgan fingerprint density at radius 2 is 1.48 bits per heavy atom. The Labute approximate surface area is 174 Å². The van der Waals surface area contributed by atoms with Gasteiger partial charge in [-0.3, -0.25) is 4.79 Å². The van der Waals surface area contributed by atoms with E-state index < -0.39 is 15.3 Å². The van der Waals surface area contributed by atoms with Gasteiger partial charge in [0.1, 0.15) is 5.75 Å². The zero-order valence-electron chi connectivity index (χ0n) is 17.0. The highest BCUT2D eigenvalue weighted by Crippen LogP contribution is 2.33. The van der Waals surface area contributed by atoms with Gasteiger partial charge in [-0.2, -0.15) is 0 Å². The van der Waals surface area contributed by atoms with Gasteiger partial charge >= 0.3 is 0 Å². The molecule has 0 aromatic heterocycles. The minimum absolute atomic E-state index is 0.0144. The fourth-order valence-corrected chi connectivity index (χ4v) is 5.43. The Bertz CT molecular complexity index is 954. The van der Waals surface area contributed by atoms with Gasteiger partial charge in [-0.25, -0.2) is 0 Å². The van der Waals surface area contributed by atoms with Crippen molar-refractivity contribution in [2.45, 2.75) is 38.9 Å². The zero-order chi connectivity index (χ0) is 20.4. The molecule has 0 fully saturated rings. The summed E-state index contributed by atoms with van der Waals surface area (Å²) >= 11 is 0. The average Bonchev–Trinajstić information content (AvgIpc) is 2.72. The number of Topliss-reactive ketones (excluding diaryl/α,β-unsaturated/α-hetero) is 1. The lowest BCUT2D eigenvalue weighted by Gasteiger charge is -2.30. The van der Waals surface area contributed by atoms with Gasteiger partial charge in [-0.15, -0.1) is 0 Å². The first-order chi connectivity index (χ1) is 13.9. The van der Waals surface area contributed by atoms with E-state index in [1.807, 2.05) is 54.6 Å². The summed E-state index contributed by atoms with van der Waals surface area (Å²) in [6.07, 6.45) is -0.348. The monoisotopic (exact) mass is 401 g/mol. The molecule has 147 valence electrons. The molecular formula is C25H25O3Si. The standard InChI is InChI=1S/C25H25O3Si/c1-25(2,3)18-14-15-23-21(16-18)22(26)17-24(27-23)28-29(19-10-6-4-7-11-19)20-12-8-5-9-13-20/h4-16,24H,17H2,1-3H3. The largest absolute Gasteiger partial charge is 0.465 e. The fourth-order valence-electron chi connectivity index (χ4n) is 3.44. The molecule has 4 heteroatoms. The number of ether oxygens (including phenoxy) is 1. The highest BCUT2D eigenvalue weighted by molar-refractivity contribution is 6.80. The number of fused-ring (bicyclic) bond motifs is 1. The first kappa shape index (κ1) is 19.6. The van der Waals surface area contributed by atoms with Crippen molar-refractivity contribution in [3.63, 3.8) is 0 Å². The van der Waals surface area contributed by atoms with E-state index in [4.69, 9.17) is 9.16 Å². The molecule has 1 unspecified atom stereocenters. The molecule has 3 aromatic rings. The van der Waals surface area contributed by atoms with Gasteiger partial charge in [0.25, 0.3) is 9.04 Å². The van der Waals surface area contributed by atoms with E-state index in [2.05, 4.69) is 45.0 Å². The highest BCUT2D eigenvalue weighted by atomic mass is 28.3. The topological polar surface area (TPSA) is 35.5 Å². The smallest absolute Gasteiger partial charge is 0.287 e. The molecule has 29 heavy (non-hydrogen) atoms. The maximum absolute atomic E-state index is 12.9. The van der Waals surface area contributed by atoms with Crippen LogP contribution in [-0.2, 0) is 9.84 Å². The molecule has 0 spiro atoms. The third-order valence-corrected chi connectivity index (χ3v) is 7.29. The number of hydrogen-bond donors (Lipinski definition) is 0. The summed E-state index contributed by atoms with van der Waals surface area (Å²) in [6.45, 7) is 6.43. The summed E-state index contributed by atoms with van der Waals surface area (Å²) < 4.78 is 12.6. The molecule has 1 atom stereocenters.